The molecule has 1 aromatic rings. The van der Waals surface area contributed by atoms with Crippen molar-refractivity contribution in [3.8, 4) is 11.5 Å². The maximum atomic E-state index is 11.8. The summed E-state index contributed by atoms with van der Waals surface area (Å²) < 4.78 is 15.5. The molecule has 0 aliphatic carbocycles. The first-order valence-electron chi connectivity index (χ1n) is 6.35. The molecular formula is C14H22N2O4. The van der Waals surface area contributed by atoms with Gasteiger partial charge in [0, 0.05) is 20.1 Å². The first kappa shape index (κ1) is 16.3. The minimum absolute atomic E-state index is 0.0426. The number of amides is 1. The van der Waals surface area contributed by atoms with Gasteiger partial charge < -0.3 is 24.8 Å². The van der Waals surface area contributed by atoms with E-state index in [0.717, 1.165) is 5.56 Å². The van der Waals surface area contributed by atoms with E-state index in [-0.39, 0.29) is 12.5 Å². The Morgan fingerprint density at radius 3 is 2.55 bits per heavy atom. The van der Waals surface area contributed by atoms with Gasteiger partial charge in [-0.3, -0.25) is 4.79 Å². The molecule has 2 N–H and O–H groups in total. The van der Waals surface area contributed by atoms with Gasteiger partial charge in [-0.1, -0.05) is 6.07 Å². The summed E-state index contributed by atoms with van der Waals surface area (Å²) in [7, 11) is 4.89. The van der Waals surface area contributed by atoms with Crippen LogP contribution in [-0.4, -0.2) is 51.8 Å². The molecule has 0 saturated carbocycles. The number of nitrogens with zero attached hydrogens (tertiary/aromatic N) is 1. The molecule has 112 valence electrons. The van der Waals surface area contributed by atoms with Crippen LogP contribution in [0.15, 0.2) is 18.2 Å². The Bertz CT molecular complexity index is 437. The van der Waals surface area contributed by atoms with Crippen LogP contribution in [0.25, 0.3) is 0 Å². The van der Waals surface area contributed by atoms with Crippen molar-refractivity contribution in [1.29, 1.82) is 0 Å². The molecule has 0 aliphatic heterocycles. The van der Waals surface area contributed by atoms with Gasteiger partial charge in [-0.25, -0.2) is 0 Å². The smallest absolute Gasteiger partial charge is 0.248 e. The Hall–Kier alpha value is -1.79. The quantitative estimate of drug-likeness (QED) is 0.708. The van der Waals surface area contributed by atoms with E-state index >= 15 is 0 Å². The molecule has 6 nitrogen and oxygen atoms in total. The van der Waals surface area contributed by atoms with Gasteiger partial charge in [-0.05, 0) is 17.7 Å². The number of carbonyl (C=O) groups excluding carboxylic acids is 1. The van der Waals surface area contributed by atoms with E-state index in [1.807, 2.05) is 18.2 Å². The average molecular weight is 282 g/mol. The number of methoxy groups -OCH3 is 2. The monoisotopic (exact) mass is 282 g/mol. The zero-order chi connectivity index (χ0) is 15.0. The molecule has 0 aromatic heterocycles. The number of benzene rings is 1. The van der Waals surface area contributed by atoms with E-state index in [2.05, 4.69) is 0 Å². The van der Waals surface area contributed by atoms with Crippen molar-refractivity contribution in [3.63, 3.8) is 0 Å². The number of hydrogen-bond donors (Lipinski definition) is 1. The predicted molar refractivity (Wildman–Crippen MR) is 75.9 cm³/mol. The first-order chi connectivity index (χ1) is 9.62. The molecule has 0 saturated heterocycles. The van der Waals surface area contributed by atoms with E-state index in [0.29, 0.717) is 31.2 Å². The topological polar surface area (TPSA) is 74.0 Å². The fourth-order valence-electron chi connectivity index (χ4n) is 1.69. The second kappa shape index (κ2) is 8.39. The Morgan fingerprint density at radius 2 is 1.95 bits per heavy atom. The van der Waals surface area contributed by atoms with E-state index < -0.39 is 0 Å². The number of hydrogen-bond acceptors (Lipinski definition) is 5. The number of rotatable bonds is 8. The highest BCUT2D eigenvalue weighted by Gasteiger charge is 2.11. The molecule has 0 atom stereocenters. The molecule has 20 heavy (non-hydrogen) atoms. The molecule has 1 rings (SSSR count). The summed E-state index contributed by atoms with van der Waals surface area (Å²) in [5, 5.41) is 0. The molecule has 0 spiro atoms. The van der Waals surface area contributed by atoms with Gasteiger partial charge in [-0.15, -0.1) is 0 Å². The van der Waals surface area contributed by atoms with E-state index in [1.165, 1.54) is 0 Å². The number of likely N-dealkylation sites (N-methyl/N-ethyl adjacent to an activating group) is 1. The summed E-state index contributed by atoms with van der Waals surface area (Å²) in [6.07, 6.45) is 0. The maximum Gasteiger partial charge on any atom is 0.248 e. The molecule has 1 aromatic carbocycles. The summed E-state index contributed by atoms with van der Waals surface area (Å²) in [5.74, 6) is 1.22. The number of nitrogens with two attached hydrogens (primary N) is 1. The molecule has 0 radical (unpaired) electrons. The molecule has 6 heteroatoms. The van der Waals surface area contributed by atoms with Crippen LogP contribution in [0, 0.1) is 0 Å². The molecule has 0 aliphatic rings. The van der Waals surface area contributed by atoms with Crippen molar-refractivity contribution in [1.82, 2.24) is 4.90 Å². The highest BCUT2D eigenvalue weighted by Crippen LogP contribution is 2.27. The third-order valence-electron chi connectivity index (χ3n) is 2.78. The lowest BCUT2D eigenvalue weighted by Gasteiger charge is -2.18. The SMILES string of the molecule is COc1ccc(CN(C)C(=O)COCCN)cc1OC. The predicted octanol–water partition coefficient (Wildman–Crippen LogP) is 0.638. The molecule has 1 amide bonds. The normalized spacial score (nSPS) is 10.2. The standard InChI is InChI=1S/C14H22N2O4/c1-16(14(17)10-20-7-6-15)9-11-4-5-12(18-2)13(8-11)19-3/h4-5,8H,6-7,9-10,15H2,1-3H3. The van der Waals surface area contributed by atoms with Gasteiger partial charge in [0.15, 0.2) is 11.5 Å². The van der Waals surface area contributed by atoms with Crippen molar-refractivity contribution < 1.29 is 19.0 Å². The minimum Gasteiger partial charge on any atom is -0.493 e. The van der Waals surface area contributed by atoms with Crippen LogP contribution in [0.2, 0.25) is 0 Å². The van der Waals surface area contributed by atoms with Gasteiger partial charge >= 0.3 is 0 Å². The van der Waals surface area contributed by atoms with Crippen LogP contribution in [0.3, 0.4) is 0 Å². The van der Waals surface area contributed by atoms with Crippen LogP contribution in [-0.2, 0) is 16.1 Å². The fourth-order valence-corrected chi connectivity index (χ4v) is 1.69. The Kier molecular flexibility index (Phi) is 6.83. The molecular weight excluding hydrogens is 260 g/mol. The summed E-state index contributed by atoms with van der Waals surface area (Å²) in [4.78, 5) is 13.4. The van der Waals surface area contributed by atoms with Crippen LogP contribution >= 0.6 is 0 Å². The third kappa shape index (κ3) is 4.71. The van der Waals surface area contributed by atoms with Crippen LogP contribution < -0.4 is 15.2 Å². The largest absolute Gasteiger partial charge is 0.493 e. The van der Waals surface area contributed by atoms with E-state index in [4.69, 9.17) is 19.9 Å². The summed E-state index contributed by atoms with van der Waals surface area (Å²) in [6, 6.07) is 5.56. The lowest BCUT2D eigenvalue weighted by molar-refractivity contribution is -0.135. The average Bonchev–Trinajstić information content (AvgIpc) is 2.47. The second-order valence-corrected chi connectivity index (χ2v) is 4.28. The lowest BCUT2D eigenvalue weighted by Crippen LogP contribution is -2.30. The summed E-state index contributed by atoms with van der Waals surface area (Å²) in [6.45, 7) is 1.31. The highest BCUT2D eigenvalue weighted by molar-refractivity contribution is 5.77. The van der Waals surface area contributed by atoms with E-state index in [1.54, 1.807) is 26.2 Å². The van der Waals surface area contributed by atoms with Gasteiger partial charge in [0.2, 0.25) is 5.91 Å². The van der Waals surface area contributed by atoms with Gasteiger partial charge in [-0.2, -0.15) is 0 Å². The van der Waals surface area contributed by atoms with Crippen molar-refractivity contribution >= 4 is 5.91 Å². The first-order valence-corrected chi connectivity index (χ1v) is 6.35. The van der Waals surface area contributed by atoms with Crippen LogP contribution in [0.1, 0.15) is 5.56 Å². The minimum atomic E-state index is -0.0896. The third-order valence-corrected chi connectivity index (χ3v) is 2.78. The van der Waals surface area contributed by atoms with Gasteiger partial charge in [0.1, 0.15) is 6.61 Å². The zero-order valence-corrected chi connectivity index (χ0v) is 12.2. The van der Waals surface area contributed by atoms with Crippen molar-refractivity contribution in [2.24, 2.45) is 5.73 Å². The Balaban J connectivity index is 2.61. The highest BCUT2D eigenvalue weighted by atomic mass is 16.5. The lowest BCUT2D eigenvalue weighted by atomic mass is 10.2. The summed E-state index contributed by atoms with van der Waals surface area (Å²) in [5.41, 5.74) is 6.25. The Morgan fingerprint density at radius 1 is 1.25 bits per heavy atom. The van der Waals surface area contributed by atoms with E-state index in [9.17, 15) is 4.79 Å². The van der Waals surface area contributed by atoms with Crippen LogP contribution in [0.4, 0.5) is 0 Å². The second-order valence-electron chi connectivity index (χ2n) is 4.28. The molecule has 0 heterocycles. The van der Waals surface area contributed by atoms with Crippen LogP contribution in [0.5, 0.6) is 11.5 Å². The summed E-state index contributed by atoms with van der Waals surface area (Å²) >= 11 is 0. The zero-order valence-electron chi connectivity index (χ0n) is 12.2. The fraction of sp³-hybridized carbons (Fsp3) is 0.500. The Labute approximate surface area is 119 Å². The number of ether oxygens (including phenoxy) is 3. The van der Waals surface area contributed by atoms with Crippen molar-refractivity contribution in [2.45, 2.75) is 6.54 Å². The van der Waals surface area contributed by atoms with Gasteiger partial charge in [0.05, 0.1) is 20.8 Å². The number of carbonyl (C=O) groups is 1. The maximum absolute atomic E-state index is 11.8. The van der Waals surface area contributed by atoms with Crippen molar-refractivity contribution in [2.75, 3.05) is 41.0 Å². The molecule has 0 unspecified atom stereocenters. The molecule has 0 fully saturated rings. The van der Waals surface area contributed by atoms with Crippen molar-refractivity contribution in [3.05, 3.63) is 23.8 Å². The molecule has 0 bridgehead atoms. The van der Waals surface area contributed by atoms with Gasteiger partial charge in [0.25, 0.3) is 0 Å².